The SMILES string of the molecule is C1CCCCC1.Nc1ncc(Cl)c(-c2cccc(-c3ccccc3)c2)n1.O=CN1CCC(CN2CCC(Oc3ccc4c(c3)CN(C3CCC(=O)NC3=O)C4=O)CC2)CC1. The number of amides is 4. The van der Waals surface area contributed by atoms with Crippen LogP contribution in [0.1, 0.15) is 93.0 Å². The van der Waals surface area contributed by atoms with Crippen LogP contribution in [-0.4, -0.2) is 93.7 Å². The number of rotatable bonds is 8. The van der Waals surface area contributed by atoms with Gasteiger partial charge in [-0.3, -0.25) is 24.5 Å². The van der Waals surface area contributed by atoms with Crippen LogP contribution in [0, 0.1) is 5.92 Å². The zero-order valence-electron chi connectivity index (χ0n) is 34.3. The average molecular weight is 834 g/mol. The Morgan fingerprint density at radius 3 is 2.17 bits per heavy atom. The second kappa shape index (κ2) is 20.8. The molecule has 12 nitrogen and oxygen atoms in total. The molecule has 4 fully saturated rings. The number of nitrogens with two attached hydrogens (primary N) is 1. The first-order valence-corrected chi connectivity index (χ1v) is 21.9. The third-order valence-corrected chi connectivity index (χ3v) is 12.4. The van der Waals surface area contributed by atoms with Gasteiger partial charge in [0.05, 0.1) is 16.9 Å². The Balaban J connectivity index is 0.000000175. The molecule has 0 spiro atoms. The standard InChI is InChI=1S/C25H32N4O5.C16H12ClN3.C6H12/c30-16-28-9-5-17(6-10-28)14-27-11-7-19(8-12-27)34-20-1-2-21-18(13-20)15-29(25(21)33)22-3-4-23(31)26-24(22)32;17-14-10-19-16(18)20-15(14)13-8-4-7-12(9-13)11-5-2-1-3-6-11;1-2-4-6-5-3-1/h1-2,13,16-17,19,22H,3-12,14-15H2,(H,26,31,32);1-10H,(H2,18,19,20);1-6H2. The van der Waals surface area contributed by atoms with Gasteiger partial charge >= 0.3 is 0 Å². The minimum atomic E-state index is -0.600. The molecule has 5 aliphatic rings. The number of nitrogens with zero attached hydrogens (tertiary/aromatic N) is 5. The zero-order chi connectivity index (χ0) is 41.8. The van der Waals surface area contributed by atoms with E-state index in [0.717, 1.165) is 92.8 Å². The Morgan fingerprint density at radius 2 is 1.48 bits per heavy atom. The number of carbonyl (C=O) groups is 4. The number of ether oxygens (including phenoxy) is 1. The summed E-state index contributed by atoms with van der Waals surface area (Å²) in [6, 6.07) is 23.1. The summed E-state index contributed by atoms with van der Waals surface area (Å²) in [6.07, 6.45) is 16.3. The summed E-state index contributed by atoms with van der Waals surface area (Å²) in [6.45, 7) is 5.21. The van der Waals surface area contributed by atoms with Crippen molar-refractivity contribution in [3.8, 4) is 28.1 Å². The smallest absolute Gasteiger partial charge is 0.255 e. The van der Waals surface area contributed by atoms with Crippen molar-refractivity contribution in [2.24, 2.45) is 5.92 Å². The molecular weight excluding hydrogens is 778 g/mol. The van der Waals surface area contributed by atoms with Crippen LogP contribution in [-0.2, 0) is 20.9 Å². The molecule has 0 radical (unpaired) electrons. The van der Waals surface area contributed by atoms with Crippen molar-refractivity contribution in [2.75, 3.05) is 38.5 Å². The number of carbonyl (C=O) groups excluding carboxylic acids is 4. The summed E-state index contributed by atoms with van der Waals surface area (Å²) in [7, 11) is 0. The molecule has 0 bridgehead atoms. The van der Waals surface area contributed by atoms with E-state index in [4.69, 9.17) is 22.1 Å². The third kappa shape index (κ3) is 11.3. The first-order chi connectivity index (χ1) is 29.2. The van der Waals surface area contributed by atoms with Crippen molar-refractivity contribution >= 4 is 41.7 Å². The number of nitrogen functional groups attached to an aromatic ring is 1. The van der Waals surface area contributed by atoms with Gasteiger partial charge in [-0.2, -0.15) is 0 Å². The van der Waals surface area contributed by atoms with Crippen LogP contribution in [0.2, 0.25) is 5.02 Å². The fourth-order valence-electron chi connectivity index (χ4n) is 8.75. The maximum Gasteiger partial charge on any atom is 0.255 e. The highest BCUT2D eigenvalue weighted by molar-refractivity contribution is 6.32. The summed E-state index contributed by atoms with van der Waals surface area (Å²) < 4.78 is 6.27. The maximum absolute atomic E-state index is 12.9. The molecule has 1 aliphatic carbocycles. The molecular formula is C47H56ClN7O5. The molecule has 316 valence electrons. The van der Waals surface area contributed by atoms with Crippen LogP contribution in [0.4, 0.5) is 5.95 Å². The molecule has 13 heteroatoms. The van der Waals surface area contributed by atoms with E-state index in [0.29, 0.717) is 35.2 Å². The quantitative estimate of drug-likeness (QED) is 0.136. The molecule has 1 saturated carbocycles. The van der Waals surface area contributed by atoms with Gasteiger partial charge in [-0.25, -0.2) is 9.97 Å². The lowest BCUT2D eigenvalue weighted by Crippen LogP contribution is -2.52. The van der Waals surface area contributed by atoms with E-state index in [-0.39, 0.29) is 30.3 Å². The normalized spacial score (nSPS) is 19.9. The van der Waals surface area contributed by atoms with E-state index in [1.165, 1.54) is 44.7 Å². The van der Waals surface area contributed by atoms with Crippen LogP contribution in [0.25, 0.3) is 22.4 Å². The predicted octanol–water partition coefficient (Wildman–Crippen LogP) is 7.55. The van der Waals surface area contributed by atoms with E-state index in [9.17, 15) is 19.2 Å². The summed E-state index contributed by atoms with van der Waals surface area (Å²) in [5.41, 5.74) is 10.9. The van der Waals surface area contributed by atoms with Gasteiger partial charge in [-0.05, 0) is 79.0 Å². The van der Waals surface area contributed by atoms with Crippen molar-refractivity contribution in [3.63, 3.8) is 0 Å². The Labute approximate surface area is 357 Å². The van der Waals surface area contributed by atoms with Crippen LogP contribution in [0.15, 0.2) is 79.0 Å². The highest BCUT2D eigenvalue weighted by Crippen LogP contribution is 2.32. The number of hydrogen-bond acceptors (Lipinski definition) is 9. The van der Waals surface area contributed by atoms with Crippen LogP contribution in [0.5, 0.6) is 5.75 Å². The third-order valence-electron chi connectivity index (χ3n) is 12.2. The summed E-state index contributed by atoms with van der Waals surface area (Å²) in [5.74, 6) is 0.801. The highest BCUT2D eigenvalue weighted by atomic mass is 35.5. The van der Waals surface area contributed by atoms with Crippen LogP contribution in [0.3, 0.4) is 0 Å². The molecule has 5 heterocycles. The second-order valence-corrected chi connectivity index (χ2v) is 16.8. The lowest BCUT2D eigenvalue weighted by molar-refractivity contribution is -0.137. The van der Waals surface area contributed by atoms with Crippen molar-refractivity contribution in [2.45, 2.75) is 95.7 Å². The van der Waals surface area contributed by atoms with Crippen molar-refractivity contribution in [1.82, 2.24) is 30.0 Å². The predicted molar refractivity (Wildman–Crippen MR) is 233 cm³/mol. The van der Waals surface area contributed by atoms with Crippen molar-refractivity contribution in [3.05, 3.63) is 95.1 Å². The van der Waals surface area contributed by atoms with Gasteiger partial charge in [-0.15, -0.1) is 0 Å². The Morgan fingerprint density at radius 1 is 0.800 bits per heavy atom. The van der Waals surface area contributed by atoms with Crippen molar-refractivity contribution in [1.29, 1.82) is 0 Å². The molecule has 1 unspecified atom stereocenters. The minimum absolute atomic E-state index is 0.148. The molecule has 9 rings (SSSR count). The number of benzene rings is 3. The Kier molecular flexibility index (Phi) is 14.8. The average Bonchev–Trinajstić information content (AvgIpc) is 3.61. The summed E-state index contributed by atoms with van der Waals surface area (Å²) >= 11 is 6.15. The molecule has 60 heavy (non-hydrogen) atoms. The second-order valence-electron chi connectivity index (χ2n) is 16.4. The van der Waals surface area contributed by atoms with Gasteiger partial charge in [0.1, 0.15) is 17.9 Å². The minimum Gasteiger partial charge on any atom is -0.490 e. The van der Waals surface area contributed by atoms with E-state index in [1.807, 2.05) is 53.4 Å². The van der Waals surface area contributed by atoms with Gasteiger partial charge < -0.3 is 25.2 Å². The molecule has 3 aromatic carbocycles. The van der Waals surface area contributed by atoms with Gasteiger partial charge in [0.15, 0.2) is 0 Å². The van der Waals surface area contributed by atoms with Gasteiger partial charge in [0, 0.05) is 56.8 Å². The molecule has 1 aromatic heterocycles. The first-order valence-electron chi connectivity index (χ1n) is 21.5. The van der Waals surface area contributed by atoms with Crippen LogP contribution < -0.4 is 15.8 Å². The lowest BCUT2D eigenvalue weighted by atomic mass is 9.95. The first kappa shape index (κ1) is 42.8. The van der Waals surface area contributed by atoms with E-state index in [1.54, 1.807) is 11.0 Å². The molecule has 4 aromatic rings. The van der Waals surface area contributed by atoms with Gasteiger partial charge in [0.25, 0.3) is 5.91 Å². The highest BCUT2D eigenvalue weighted by Gasteiger charge is 2.39. The topological polar surface area (TPSA) is 151 Å². The number of nitrogens with one attached hydrogen (secondary N) is 1. The van der Waals surface area contributed by atoms with E-state index < -0.39 is 11.9 Å². The molecule has 4 aliphatic heterocycles. The summed E-state index contributed by atoms with van der Waals surface area (Å²) in [4.78, 5) is 61.5. The molecule has 3 saturated heterocycles. The van der Waals surface area contributed by atoms with E-state index >= 15 is 0 Å². The molecule has 3 N–H and O–H groups in total. The van der Waals surface area contributed by atoms with Crippen LogP contribution >= 0.6 is 11.6 Å². The number of piperidine rings is 3. The number of likely N-dealkylation sites (tertiary alicyclic amines) is 2. The Hall–Kier alpha value is -5.33. The molecule has 4 amide bonds. The fraction of sp³-hybridized carbons (Fsp3) is 0.447. The number of imide groups is 1. The van der Waals surface area contributed by atoms with E-state index in [2.05, 4.69) is 38.4 Å². The van der Waals surface area contributed by atoms with Gasteiger partial charge in [-0.1, -0.05) is 98.7 Å². The number of aromatic nitrogens is 2. The van der Waals surface area contributed by atoms with Gasteiger partial charge in [0.2, 0.25) is 24.2 Å². The molecule has 1 atom stereocenters. The number of anilines is 1. The lowest BCUT2D eigenvalue weighted by Gasteiger charge is -2.36. The maximum atomic E-state index is 12.9. The summed E-state index contributed by atoms with van der Waals surface area (Å²) in [5, 5.41) is 2.83. The monoisotopic (exact) mass is 833 g/mol. The largest absolute Gasteiger partial charge is 0.490 e. The Bertz CT molecular complexity index is 2090. The number of hydrogen-bond donors (Lipinski definition) is 2. The number of halogens is 1. The van der Waals surface area contributed by atoms with Crippen molar-refractivity contribution < 1.29 is 23.9 Å². The fourth-order valence-corrected chi connectivity index (χ4v) is 8.95. The number of fused-ring (bicyclic) bond motifs is 1. The zero-order valence-corrected chi connectivity index (χ0v) is 35.0.